The van der Waals surface area contributed by atoms with Crippen LogP contribution in [0.3, 0.4) is 0 Å². The van der Waals surface area contributed by atoms with Crippen molar-refractivity contribution in [1.82, 2.24) is 14.5 Å². The summed E-state index contributed by atoms with van der Waals surface area (Å²) in [7, 11) is 1.90. The Kier molecular flexibility index (Phi) is 5.78. The molecular weight excluding hydrogens is 392 g/mol. The van der Waals surface area contributed by atoms with Crippen molar-refractivity contribution < 1.29 is 9.90 Å². The van der Waals surface area contributed by atoms with E-state index in [0.29, 0.717) is 36.8 Å². The quantitative estimate of drug-likeness (QED) is 0.685. The van der Waals surface area contributed by atoms with Crippen LogP contribution in [0.15, 0.2) is 59.7 Å². The van der Waals surface area contributed by atoms with Gasteiger partial charge in [-0.25, -0.2) is 4.98 Å². The van der Waals surface area contributed by atoms with Gasteiger partial charge in [0.2, 0.25) is 5.91 Å². The molecule has 1 amide bonds. The van der Waals surface area contributed by atoms with Crippen LogP contribution in [0.2, 0.25) is 0 Å². The number of fused-ring (bicyclic) bond motifs is 1. The number of aryl methyl sites for hydroxylation is 1. The van der Waals surface area contributed by atoms with E-state index in [2.05, 4.69) is 4.98 Å². The molecule has 7 nitrogen and oxygen atoms in total. The SMILES string of the molecule is Cc1ccc2c(=O)n(CC3(O)CCN(C(=O)CN(C)c4ccccc4)CC3)cnc2c1. The average molecular weight is 421 g/mol. The van der Waals surface area contributed by atoms with E-state index in [0.717, 1.165) is 11.3 Å². The number of para-hydroxylation sites is 1. The molecule has 1 saturated heterocycles. The fraction of sp³-hybridized carbons (Fsp3) is 0.375. The Hall–Kier alpha value is -3.19. The van der Waals surface area contributed by atoms with Gasteiger partial charge >= 0.3 is 0 Å². The molecule has 2 aromatic carbocycles. The zero-order valence-electron chi connectivity index (χ0n) is 18.0. The van der Waals surface area contributed by atoms with Crippen molar-refractivity contribution in [1.29, 1.82) is 0 Å². The molecule has 2 heterocycles. The summed E-state index contributed by atoms with van der Waals surface area (Å²) in [6.07, 6.45) is 2.35. The van der Waals surface area contributed by atoms with Gasteiger partial charge in [0.05, 0.1) is 35.9 Å². The summed E-state index contributed by atoms with van der Waals surface area (Å²) in [5.74, 6) is 0.0355. The van der Waals surface area contributed by atoms with E-state index in [1.807, 2.05) is 61.3 Å². The lowest BCUT2D eigenvalue weighted by Crippen LogP contribution is -2.51. The lowest BCUT2D eigenvalue weighted by molar-refractivity contribution is -0.134. The van der Waals surface area contributed by atoms with Crippen molar-refractivity contribution >= 4 is 22.5 Å². The highest BCUT2D eigenvalue weighted by Gasteiger charge is 2.34. The Labute approximate surface area is 181 Å². The fourth-order valence-electron chi connectivity index (χ4n) is 4.11. The molecule has 0 aliphatic carbocycles. The van der Waals surface area contributed by atoms with Crippen molar-refractivity contribution in [2.75, 3.05) is 31.6 Å². The fourth-order valence-corrected chi connectivity index (χ4v) is 4.11. The van der Waals surface area contributed by atoms with Crippen LogP contribution < -0.4 is 10.5 Å². The number of carbonyl (C=O) groups excluding carboxylic acids is 1. The molecule has 0 bridgehead atoms. The highest BCUT2D eigenvalue weighted by Crippen LogP contribution is 2.24. The molecule has 4 rings (SSSR count). The van der Waals surface area contributed by atoms with Gasteiger partial charge in [-0.05, 0) is 49.6 Å². The van der Waals surface area contributed by atoms with E-state index in [1.54, 1.807) is 11.0 Å². The molecule has 0 radical (unpaired) electrons. The van der Waals surface area contributed by atoms with Gasteiger partial charge in [0.25, 0.3) is 5.56 Å². The number of aromatic nitrogens is 2. The van der Waals surface area contributed by atoms with Crippen LogP contribution >= 0.6 is 0 Å². The average Bonchev–Trinajstić information content (AvgIpc) is 2.76. The van der Waals surface area contributed by atoms with Crippen LogP contribution in [0.5, 0.6) is 0 Å². The van der Waals surface area contributed by atoms with Gasteiger partial charge in [-0.3, -0.25) is 14.2 Å². The van der Waals surface area contributed by atoms with Crippen LogP contribution in [-0.4, -0.2) is 57.7 Å². The summed E-state index contributed by atoms with van der Waals surface area (Å²) in [6, 6.07) is 15.3. The number of likely N-dealkylation sites (tertiary alicyclic amines) is 1. The van der Waals surface area contributed by atoms with E-state index >= 15 is 0 Å². The summed E-state index contributed by atoms with van der Waals surface area (Å²) >= 11 is 0. The molecule has 0 spiro atoms. The molecule has 0 unspecified atom stereocenters. The highest BCUT2D eigenvalue weighted by atomic mass is 16.3. The number of amides is 1. The Morgan fingerprint density at radius 2 is 1.87 bits per heavy atom. The first-order valence-corrected chi connectivity index (χ1v) is 10.6. The number of aliphatic hydroxyl groups is 1. The highest BCUT2D eigenvalue weighted by molar-refractivity contribution is 5.81. The topological polar surface area (TPSA) is 78.7 Å². The van der Waals surface area contributed by atoms with Crippen molar-refractivity contribution in [3.63, 3.8) is 0 Å². The first kappa shape index (κ1) is 21.1. The van der Waals surface area contributed by atoms with E-state index in [9.17, 15) is 14.7 Å². The van der Waals surface area contributed by atoms with Gasteiger partial charge in [0.1, 0.15) is 0 Å². The molecule has 1 N–H and O–H groups in total. The normalized spacial score (nSPS) is 15.8. The van der Waals surface area contributed by atoms with E-state index in [1.165, 1.54) is 10.9 Å². The van der Waals surface area contributed by atoms with Crippen molar-refractivity contribution in [3.8, 4) is 0 Å². The smallest absolute Gasteiger partial charge is 0.261 e. The van der Waals surface area contributed by atoms with Crippen LogP contribution in [0.25, 0.3) is 10.9 Å². The number of anilines is 1. The van der Waals surface area contributed by atoms with E-state index in [4.69, 9.17) is 0 Å². The summed E-state index contributed by atoms with van der Waals surface area (Å²) in [6.45, 7) is 3.35. The van der Waals surface area contributed by atoms with Crippen LogP contribution in [-0.2, 0) is 11.3 Å². The molecule has 31 heavy (non-hydrogen) atoms. The van der Waals surface area contributed by atoms with Gasteiger partial charge in [0, 0.05) is 25.8 Å². The monoisotopic (exact) mass is 420 g/mol. The molecule has 3 aromatic rings. The number of rotatable bonds is 5. The number of hydrogen-bond acceptors (Lipinski definition) is 5. The maximum absolute atomic E-state index is 12.8. The molecule has 7 heteroatoms. The Bertz CT molecular complexity index is 1130. The van der Waals surface area contributed by atoms with E-state index < -0.39 is 5.60 Å². The maximum Gasteiger partial charge on any atom is 0.261 e. The van der Waals surface area contributed by atoms with Crippen molar-refractivity contribution in [2.45, 2.75) is 31.9 Å². The molecule has 162 valence electrons. The minimum absolute atomic E-state index is 0.0355. The van der Waals surface area contributed by atoms with E-state index in [-0.39, 0.29) is 24.6 Å². The summed E-state index contributed by atoms with van der Waals surface area (Å²) in [4.78, 5) is 33.6. The second kappa shape index (κ2) is 8.51. The molecule has 1 aromatic heterocycles. The molecule has 0 atom stereocenters. The third-order valence-electron chi connectivity index (χ3n) is 6.06. The standard InChI is InChI=1S/C24H28N4O3/c1-18-8-9-20-21(14-18)25-17-28(23(20)30)16-24(31)10-12-27(13-11-24)22(29)15-26(2)19-6-4-3-5-7-19/h3-9,14,17,31H,10-13,15-16H2,1-2H3. The summed E-state index contributed by atoms with van der Waals surface area (Å²) < 4.78 is 1.48. The van der Waals surface area contributed by atoms with Gasteiger partial charge in [-0.1, -0.05) is 24.3 Å². The first-order chi connectivity index (χ1) is 14.8. The van der Waals surface area contributed by atoms with Crippen LogP contribution in [0.4, 0.5) is 5.69 Å². The Morgan fingerprint density at radius 1 is 1.16 bits per heavy atom. The molecule has 0 saturated carbocycles. The third kappa shape index (κ3) is 4.61. The van der Waals surface area contributed by atoms with Crippen molar-refractivity contribution in [3.05, 3.63) is 70.8 Å². The van der Waals surface area contributed by atoms with Gasteiger partial charge < -0.3 is 14.9 Å². The largest absolute Gasteiger partial charge is 0.388 e. The maximum atomic E-state index is 12.8. The third-order valence-corrected chi connectivity index (χ3v) is 6.06. The summed E-state index contributed by atoms with van der Waals surface area (Å²) in [5, 5.41) is 11.6. The number of hydrogen-bond donors (Lipinski definition) is 1. The number of nitrogens with zero attached hydrogens (tertiary/aromatic N) is 4. The number of piperidine rings is 1. The number of carbonyl (C=O) groups is 1. The molecule has 1 fully saturated rings. The first-order valence-electron chi connectivity index (χ1n) is 10.6. The van der Waals surface area contributed by atoms with Crippen LogP contribution in [0, 0.1) is 6.92 Å². The Balaban J connectivity index is 1.39. The zero-order chi connectivity index (χ0) is 22.0. The van der Waals surface area contributed by atoms with Crippen molar-refractivity contribution in [2.24, 2.45) is 0 Å². The zero-order valence-corrected chi connectivity index (χ0v) is 18.0. The lowest BCUT2D eigenvalue weighted by Gasteiger charge is -2.39. The molecule has 1 aliphatic rings. The minimum Gasteiger partial charge on any atom is -0.388 e. The predicted molar refractivity (Wildman–Crippen MR) is 121 cm³/mol. The Morgan fingerprint density at radius 3 is 2.58 bits per heavy atom. The summed E-state index contributed by atoms with van der Waals surface area (Å²) in [5.41, 5.74) is 1.51. The van der Waals surface area contributed by atoms with Gasteiger partial charge in [0.15, 0.2) is 0 Å². The molecular formula is C24H28N4O3. The molecule has 1 aliphatic heterocycles. The van der Waals surface area contributed by atoms with Gasteiger partial charge in [-0.2, -0.15) is 0 Å². The second-order valence-corrected chi connectivity index (χ2v) is 8.49. The lowest BCUT2D eigenvalue weighted by atomic mass is 9.91. The number of benzene rings is 2. The minimum atomic E-state index is -1.04. The second-order valence-electron chi connectivity index (χ2n) is 8.49. The number of likely N-dealkylation sites (N-methyl/N-ethyl adjacent to an activating group) is 1. The predicted octanol–water partition coefficient (Wildman–Crippen LogP) is 2.19. The van der Waals surface area contributed by atoms with Gasteiger partial charge in [-0.15, -0.1) is 0 Å². The van der Waals surface area contributed by atoms with Crippen LogP contribution in [0.1, 0.15) is 18.4 Å².